The molecule has 1 fully saturated rings. The van der Waals surface area contributed by atoms with E-state index in [-0.39, 0.29) is 6.04 Å². The highest BCUT2D eigenvalue weighted by Crippen LogP contribution is 2.33. The summed E-state index contributed by atoms with van der Waals surface area (Å²) in [5.41, 5.74) is 3.38. The lowest BCUT2D eigenvalue weighted by Crippen LogP contribution is -2.17. The Kier molecular flexibility index (Phi) is 3.36. The number of hydrogen-bond acceptors (Lipinski definition) is 6. The maximum absolute atomic E-state index is 9.19. The number of rotatable bonds is 2. The Morgan fingerprint density at radius 2 is 2.08 bits per heavy atom. The van der Waals surface area contributed by atoms with Crippen LogP contribution < -0.4 is 0 Å². The number of benzene rings is 1. The monoisotopic (exact) mass is 315 g/mol. The summed E-state index contributed by atoms with van der Waals surface area (Å²) < 4.78 is 5.91. The molecule has 1 saturated heterocycles. The van der Waals surface area contributed by atoms with Crippen LogP contribution in [0.3, 0.4) is 0 Å². The molecule has 0 saturated carbocycles. The summed E-state index contributed by atoms with van der Waals surface area (Å²) >= 11 is 0. The molecular formula is C18H13N5O. The van der Waals surface area contributed by atoms with Gasteiger partial charge in [-0.1, -0.05) is 12.1 Å². The molecule has 3 heterocycles. The van der Waals surface area contributed by atoms with Crippen LogP contribution in [0.1, 0.15) is 30.5 Å². The fraction of sp³-hybridized carbons (Fsp3) is 0.222. The average molecular weight is 315 g/mol. The lowest BCUT2D eigenvalue weighted by Gasteiger charge is -2.13. The first-order valence-electron chi connectivity index (χ1n) is 7.73. The van der Waals surface area contributed by atoms with E-state index < -0.39 is 0 Å². The maximum Gasteiger partial charge on any atom is 0.218 e. The molecule has 0 spiro atoms. The molecule has 0 aliphatic carbocycles. The minimum Gasteiger partial charge on any atom is -0.438 e. The summed E-state index contributed by atoms with van der Waals surface area (Å²) in [5.74, 6) is 0.583. The van der Waals surface area contributed by atoms with E-state index in [1.807, 2.05) is 30.3 Å². The molecule has 6 nitrogen and oxygen atoms in total. The summed E-state index contributed by atoms with van der Waals surface area (Å²) in [6, 6.07) is 13.0. The SMILES string of the molecule is N#Cc1cccc(-c2ccc3nc(C4CCCN4C#N)oc3c2)n1. The molecule has 1 aliphatic rings. The van der Waals surface area contributed by atoms with Crippen LogP contribution in [0, 0.1) is 22.8 Å². The second-order valence-electron chi connectivity index (χ2n) is 5.71. The Labute approximate surface area is 138 Å². The van der Waals surface area contributed by atoms with Crippen molar-refractivity contribution < 1.29 is 4.42 Å². The van der Waals surface area contributed by atoms with E-state index in [1.165, 1.54) is 0 Å². The fourth-order valence-corrected chi connectivity index (χ4v) is 3.05. The molecule has 2 aromatic heterocycles. The van der Waals surface area contributed by atoms with Gasteiger partial charge in [-0.3, -0.25) is 4.90 Å². The molecule has 116 valence electrons. The summed E-state index contributed by atoms with van der Waals surface area (Å²) in [6.07, 6.45) is 4.04. The predicted octanol–water partition coefficient (Wildman–Crippen LogP) is 3.38. The fourth-order valence-electron chi connectivity index (χ4n) is 3.05. The van der Waals surface area contributed by atoms with Crippen LogP contribution >= 0.6 is 0 Å². The molecule has 0 bridgehead atoms. The number of oxazole rings is 1. The van der Waals surface area contributed by atoms with Crippen molar-refractivity contribution in [3.8, 4) is 23.5 Å². The normalized spacial score (nSPS) is 16.9. The molecule has 24 heavy (non-hydrogen) atoms. The molecule has 1 aromatic carbocycles. The number of hydrogen-bond donors (Lipinski definition) is 0. The Balaban J connectivity index is 1.74. The lowest BCUT2D eigenvalue weighted by atomic mass is 10.1. The molecule has 4 rings (SSSR count). The molecule has 0 amide bonds. The Bertz CT molecular complexity index is 995. The molecule has 6 heteroatoms. The maximum atomic E-state index is 9.19. The van der Waals surface area contributed by atoms with Crippen molar-refractivity contribution in [3.63, 3.8) is 0 Å². The number of likely N-dealkylation sites (tertiary alicyclic amines) is 1. The Morgan fingerprint density at radius 1 is 1.17 bits per heavy atom. The summed E-state index contributed by atoms with van der Waals surface area (Å²) in [7, 11) is 0. The van der Waals surface area contributed by atoms with Crippen LogP contribution in [0.5, 0.6) is 0 Å². The van der Waals surface area contributed by atoms with Gasteiger partial charge < -0.3 is 4.42 Å². The van der Waals surface area contributed by atoms with Gasteiger partial charge >= 0.3 is 0 Å². The van der Waals surface area contributed by atoms with E-state index in [0.717, 1.165) is 30.5 Å². The molecule has 1 atom stereocenters. The highest BCUT2D eigenvalue weighted by molar-refractivity contribution is 5.79. The summed E-state index contributed by atoms with van der Waals surface area (Å²) in [5, 5.41) is 18.2. The first kappa shape index (κ1) is 14.2. The third-order valence-electron chi connectivity index (χ3n) is 4.23. The van der Waals surface area contributed by atoms with E-state index in [4.69, 9.17) is 9.68 Å². The zero-order chi connectivity index (χ0) is 16.5. The van der Waals surface area contributed by atoms with Gasteiger partial charge in [-0.2, -0.15) is 10.5 Å². The van der Waals surface area contributed by atoms with E-state index >= 15 is 0 Å². The summed E-state index contributed by atoms with van der Waals surface area (Å²) in [6.45, 7) is 0.746. The van der Waals surface area contributed by atoms with Gasteiger partial charge in [-0.15, -0.1) is 0 Å². The van der Waals surface area contributed by atoms with Crippen LogP contribution in [-0.2, 0) is 0 Å². The van der Waals surface area contributed by atoms with Gasteiger partial charge in [-0.25, -0.2) is 9.97 Å². The largest absolute Gasteiger partial charge is 0.438 e. The Morgan fingerprint density at radius 3 is 2.92 bits per heavy atom. The zero-order valence-electron chi connectivity index (χ0n) is 12.8. The Hall–Kier alpha value is -3.38. The predicted molar refractivity (Wildman–Crippen MR) is 86.2 cm³/mol. The van der Waals surface area contributed by atoms with E-state index in [1.54, 1.807) is 17.0 Å². The number of pyridine rings is 1. The van der Waals surface area contributed by atoms with Gasteiger partial charge in [0.2, 0.25) is 5.89 Å². The third-order valence-corrected chi connectivity index (χ3v) is 4.23. The van der Waals surface area contributed by atoms with Crippen molar-refractivity contribution in [2.75, 3.05) is 6.54 Å². The molecule has 0 N–H and O–H groups in total. The van der Waals surface area contributed by atoms with Gasteiger partial charge in [0.25, 0.3) is 0 Å². The first-order valence-corrected chi connectivity index (χ1v) is 7.73. The van der Waals surface area contributed by atoms with Crippen LogP contribution in [0.25, 0.3) is 22.4 Å². The molecule has 0 radical (unpaired) electrons. The van der Waals surface area contributed by atoms with E-state index in [0.29, 0.717) is 22.9 Å². The third kappa shape index (κ3) is 2.35. The zero-order valence-corrected chi connectivity index (χ0v) is 12.8. The molecule has 1 aliphatic heterocycles. The number of aromatic nitrogens is 2. The molecule has 3 aromatic rings. The quantitative estimate of drug-likeness (QED) is 0.673. The molecular weight excluding hydrogens is 302 g/mol. The molecule has 1 unspecified atom stereocenters. The number of fused-ring (bicyclic) bond motifs is 1. The van der Waals surface area contributed by atoms with Crippen molar-refractivity contribution in [2.45, 2.75) is 18.9 Å². The average Bonchev–Trinajstić information content (AvgIpc) is 3.26. The van der Waals surface area contributed by atoms with Crippen molar-refractivity contribution in [1.29, 1.82) is 10.5 Å². The van der Waals surface area contributed by atoms with Gasteiger partial charge in [-0.05, 0) is 37.1 Å². The second-order valence-corrected chi connectivity index (χ2v) is 5.71. The van der Waals surface area contributed by atoms with Crippen molar-refractivity contribution in [3.05, 3.63) is 48.0 Å². The van der Waals surface area contributed by atoms with Crippen LogP contribution in [-0.4, -0.2) is 21.4 Å². The van der Waals surface area contributed by atoms with E-state index in [2.05, 4.69) is 16.2 Å². The minimum atomic E-state index is -0.0779. The van der Waals surface area contributed by atoms with E-state index in [9.17, 15) is 5.26 Å². The van der Waals surface area contributed by atoms with Crippen molar-refractivity contribution in [1.82, 2.24) is 14.9 Å². The smallest absolute Gasteiger partial charge is 0.218 e. The first-order chi connectivity index (χ1) is 11.8. The van der Waals surface area contributed by atoms with Crippen molar-refractivity contribution >= 4 is 11.1 Å². The van der Waals surface area contributed by atoms with Crippen LogP contribution in [0.4, 0.5) is 0 Å². The van der Waals surface area contributed by atoms with Crippen LogP contribution in [0.2, 0.25) is 0 Å². The minimum absolute atomic E-state index is 0.0779. The second kappa shape index (κ2) is 5.68. The van der Waals surface area contributed by atoms with Gasteiger partial charge in [0.15, 0.2) is 11.8 Å². The van der Waals surface area contributed by atoms with Gasteiger partial charge in [0.05, 0.1) is 5.69 Å². The summed E-state index contributed by atoms with van der Waals surface area (Å²) in [4.78, 5) is 10.5. The van der Waals surface area contributed by atoms with Gasteiger partial charge in [0, 0.05) is 12.1 Å². The number of nitrogens with zero attached hydrogens (tertiary/aromatic N) is 5. The highest BCUT2D eigenvalue weighted by atomic mass is 16.3. The topological polar surface area (TPSA) is 89.7 Å². The standard InChI is InChI=1S/C18H13N5O/c19-10-13-3-1-4-14(21-13)12-6-7-15-17(9-12)24-18(22-15)16-5-2-8-23(16)11-20/h1,3-4,6-7,9,16H,2,5,8H2. The lowest BCUT2D eigenvalue weighted by molar-refractivity contribution is 0.314. The van der Waals surface area contributed by atoms with Crippen molar-refractivity contribution in [2.24, 2.45) is 0 Å². The van der Waals surface area contributed by atoms with Gasteiger partial charge in [0.1, 0.15) is 23.3 Å². The number of nitriles is 2. The van der Waals surface area contributed by atoms with Crippen LogP contribution in [0.15, 0.2) is 40.8 Å². The highest BCUT2D eigenvalue weighted by Gasteiger charge is 2.29.